The van der Waals surface area contributed by atoms with E-state index in [-0.39, 0.29) is 6.23 Å². The average Bonchev–Trinajstić information content (AvgIpc) is 2.18. The summed E-state index contributed by atoms with van der Waals surface area (Å²) in [5, 5.41) is 9.28. The molecule has 0 saturated carbocycles. The number of hydrogen-bond acceptors (Lipinski definition) is 2. The lowest BCUT2D eigenvalue weighted by Crippen LogP contribution is -2.39. The second kappa shape index (κ2) is 7.43. The largest absolute Gasteiger partial charge is 0.415 e. The Kier molecular flexibility index (Phi) is 7.50. The van der Waals surface area contributed by atoms with E-state index in [4.69, 9.17) is 4.43 Å². The van der Waals surface area contributed by atoms with Crippen molar-refractivity contribution in [3.8, 4) is 0 Å². The highest BCUT2D eigenvalue weighted by molar-refractivity contribution is 6.72. The van der Waals surface area contributed by atoms with Gasteiger partial charge in [-0.1, -0.05) is 33.1 Å². The van der Waals surface area contributed by atoms with Gasteiger partial charge in [-0.25, -0.2) is 0 Å². The van der Waals surface area contributed by atoms with Gasteiger partial charge in [-0.3, -0.25) is 0 Å². The third-order valence-electron chi connectivity index (χ3n) is 2.93. The van der Waals surface area contributed by atoms with Crippen molar-refractivity contribution in [3.63, 3.8) is 0 Å². The highest BCUT2D eigenvalue weighted by Gasteiger charge is 2.27. The van der Waals surface area contributed by atoms with Crippen LogP contribution in [0.25, 0.3) is 0 Å². The number of aliphatic hydroxyl groups excluding tert-OH is 1. The highest BCUT2D eigenvalue weighted by atomic mass is 28.4. The molecular weight excluding hydrogens is 192 g/mol. The van der Waals surface area contributed by atoms with E-state index in [1.54, 1.807) is 0 Å². The average molecular weight is 218 g/mol. The molecule has 0 aliphatic carbocycles. The molecule has 0 heterocycles. The van der Waals surface area contributed by atoms with Crippen LogP contribution in [0.3, 0.4) is 0 Å². The first-order valence-corrected chi connectivity index (χ1v) is 8.65. The van der Waals surface area contributed by atoms with Gasteiger partial charge in [-0.05, 0) is 25.4 Å². The summed E-state index contributed by atoms with van der Waals surface area (Å²) in [6, 6.07) is 1.10. The Hall–Kier alpha value is 0.137. The van der Waals surface area contributed by atoms with Crippen molar-refractivity contribution >= 4 is 8.32 Å². The molecule has 2 unspecified atom stereocenters. The smallest absolute Gasteiger partial charge is 0.214 e. The van der Waals surface area contributed by atoms with Gasteiger partial charge in [-0.2, -0.15) is 0 Å². The van der Waals surface area contributed by atoms with E-state index in [0.717, 1.165) is 18.6 Å². The summed E-state index contributed by atoms with van der Waals surface area (Å²) in [6.07, 6.45) is 4.00. The van der Waals surface area contributed by atoms with E-state index < -0.39 is 8.32 Å². The van der Waals surface area contributed by atoms with Crippen molar-refractivity contribution in [2.75, 3.05) is 12.8 Å². The predicted octanol–water partition coefficient (Wildman–Crippen LogP) is 2.96. The molecule has 3 heteroatoms. The van der Waals surface area contributed by atoms with Crippen LogP contribution >= 0.6 is 0 Å². The summed E-state index contributed by atoms with van der Waals surface area (Å²) in [5.74, 6) is 0.813. The van der Waals surface area contributed by atoms with Crippen LogP contribution in [0, 0.1) is 5.92 Å². The molecule has 14 heavy (non-hydrogen) atoms. The molecule has 0 aliphatic rings. The van der Waals surface area contributed by atoms with Crippen molar-refractivity contribution in [1.29, 1.82) is 0 Å². The quantitative estimate of drug-likeness (QED) is 0.635. The van der Waals surface area contributed by atoms with Crippen molar-refractivity contribution in [2.24, 2.45) is 5.92 Å². The zero-order valence-electron chi connectivity index (χ0n) is 10.2. The van der Waals surface area contributed by atoms with Gasteiger partial charge >= 0.3 is 0 Å². The van der Waals surface area contributed by atoms with Gasteiger partial charge in [0.05, 0.1) is 6.23 Å². The van der Waals surface area contributed by atoms with Crippen LogP contribution in [0.1, 0.15) is 40.0 Å². The fraction of sp³-hybridized carbons (Fsp3) is 1.00. The summed E-state index contributed by atoms with van der Waals surface area (Å²) in [4.78, 5) is 0. The molecule has 0 rings (SSSR count). The van der Waals surface area contributed by atoms with Crippen LogP contribution < -0.4 is 0 Å². The monoisotopic (exact) mass is 218 g/mol. The minimum absolute atomic E-state index is 0.265. The van der Waals surface area contributed by atoms with E-state index in [9.17, 15) is 5.11 Å². The molecule has 0 spiro atoms. The van der Waals surface area contributed by atoms with Gasteiger partial charge in [-0.15, -0.1) is 0 Å². The lowest BCUT2D eigenvalue weighted by atomic mass is 10.0. The highest BCUT2D eigenvalue weighted by Crippen LogP contribution is 2.18. The maximum Gasteiger partial charge on any atom is 0.214 e. The topological polar surface area (TPSA) is 29.5 Å². The van der Waals surface area contributed by atoms with Crippen LogP contribution in [0.2, 0.25) is 12.6 Å². The number of hydrogen-bond donors (Lipinski definition) is 1. The van der Waals surface area contributed by atoms with Gasteiger partial charge in [0.15, 0.2) is 0 Å². The number of rotatable bonds is 8. The molecule has 0 aromatic carbocycles. The zero-order chi connectivity index (χ0) is 11.0. The van der Waals surface area contributed by atoms with E-state index in [1.165, 1.54) is 19.3 Å². The van der Waals surface area contributed by atoms with Crippen molar-refractivity contribution in [3.05, 3.63) is 0 Å². The van der Waals surface area contributed by atoms with Gasteiger partial charge < -0.3 is 9.53 Å². The maximum absolute atomic E-state index is 9.28. The summed E-state index contributed by atoms with van der Waals surface area (Å²) in [7, 11) is -1.75. The Morgan fingerprint density at radius 1 is 1.36 bits per heavy atom. The summed E-state index contributed by atoms with van der Waals surface area (Å²) < 4.78 is 5.68. The molecule has 0 radical (unpaired) electrons. The summed E-state index contributed by atoms with van der Waals surface area (Å²) in [6.45, 7) is 9.41. The fourth-order valence-electron chi connectivity index (χ4n) is 1.57. The molecule has 0 aliphatic heterocycles. The molecule has 0 bridgehead atoms. The normalized spacial score (nSPS) is 17.8. The molecule has 0 aromatic rings. The molecular formula is C11H26O2Si. The molecule has 0 fully saturated rings. The first-order valence-electron chi connectivity index (χ1n) is 5.82. The van der Waals surface area contributed by atoms with Gasteiger partial charge in [0.1, 0.15) is 0 Å². The van der Waals surface area contributed by atoms with Gasteiger partial charge in [0.25, 0.3) is 0 Å². The summed E-state index contributed by atoms with van der Waals surface area (Å²) >= 11 is 0. The van der Waals surface area contributed by atoms with Gasteiger partial charge in [0.2, 0.25) is 8.32 Å². The second-order valence-electron chi connectivity index (χ2n) is 4.45. The van der Waals surface area contributed by atoms with Crippen LogP contribution in [0.15, 0.2) is 0 Å². The number of aliphatic hydroxyl groups is 1. The minimum atomic E-state index is -1.75. The molecule has 0 amide bonds. The van der Waals surface area contributed by atoms with E-state index >= 15 is 0 Å². The van der Waals surface area contributed by atoms with Crippen molar-refractivity contribution in [1.82, 2.24) is 0 Å². The standard InChI is InChI=1S/C11H26O2Si/c1-5-11(3)8-7-9-14(4,10-12)13-6-2/h11-12H,5-10H2,1-4H3. The van der Waals surface area contributed by atoms with Crippen LogP contribution in [0.4, 0.5) is 0 Å². The first-order chi connectivity index (χ1) is 6.58. The summed E-state index contributed by atoms with van der Waals surface area (Å²) in [5.41, 5.74) is 0. The Balaban J connectivity index is 3.72. The Morgan fingerprint density at radius 2 is 2.00 bits per heavy atom. The van der Waals surface area contributed by atoms with Crippen molar-refractivity contribution < 1.29 is 9.53 Å². The zero-order valence-corrected chi connectivity index (χ0v) is 11.2. The van der Waals surface area contributed by atoms with E-state index in [1.807, 2.05) is 6.92 Å². The molecule has 86 valence electrons. The van der Waals surface area contributed by atoms with Crippen molar-refractivity contribution in [2.45, 2.75) is 52.6 Å². The third kappa shape index (κ3) is 5.78. The van der Waals surface area contributed by atoms with Crippen LogP contribution in [-0.2, 0) is 4.43 Å². The molecule has 1 N–H and O–H groups in total. The SMILES string of the molecule is CCO[Si](C)(CO)CCCC(C)CC. The van der Waals surface area contributed by atoms with Crippen LogP contribution in [0.5, 0.6) is 0 Å². The van der Waals surface area contributed by atoms with E-state index in [2.05, 4.69) is 20.4 Å². The lowest BCUT2D eigenvalue weighted by molar-refractivity contribution is 0.268. The Labute approximate surface area is 89.8 Å². The fourth-order valence-corrected chi connectivity index (χ4v) is 3.62. The maximum atomic E-state index is 9.28. The molecule has 0 saturated heterocycles. The first kappa shape index (κ1) is 14.1. The van der Waals surface area contributed by atoms with Gasteiger partial charge in [0, 0.05) is 6.61 Å². The Bertz CT molecular complexity index is 141. The van der Waals surface area contributed by atoms with E-state index in [0.29, 0.717) is 0 Å². The second-order valence-corrected chi connectivity index (χ2v) is 8.45. The Morgan fingerprint density at radius 3 is 2.43 bits per heavy atom. The molecule has 2 nitrogen and oxygen atoms in total. The molecule has 0 aromatic heterocycles. The van der Waals surface area contributed by atoms with Crippen LogP contribution in [-0.4, -0.2) is 26.3 Å². The minimum Gasteiger partial charge on any atom is -0.415 e. The third-order valence-corrected chi connectivity index (χ3v) is 5.99. The molecule has 2 atom stereocenters. The predicted molar refractivity (Wildman–Crippen MR) is 63.8 cm³/mol. The lowest BCUT2D eigenvalue weighted by Gasteiger charge is -2.24.